The molecule has 1 N–H and O–H groups in total. The van der Waals surface area contributed by atoms with Gasteiger partial charge in [0.25, 0.3) is 11.7 Å². The topological polar surface area (TPSA) is 79.3 Å². The number of aliphatic hydroxyl groups excluding tert-OH is 1. The van der Waals surface area contributed by atoms with E-state index in [0.29, 0.717) is 34.9 Å². The summed E-state index contributed by atoms with van der Waals surface area (Å²) < 4.78 is 11.1. The van der Waals surface area contributed by atoms with Crippen molar-refractivity contribution < 1.29 is 24.2 Å². The number of anilines is 2. The number of Topliss-reactive ketones (excluding diaryl/α,β-unsaturated/α-hetero) is 1. The molecule has 7 nitrogen and oxygen atoms in total. The Balaban J connectivity index is 1.95. The molecule has 0 radical (unpaired) electrons. The molecule has 0 saturated carbocycles. The number of hydrogen-bond donors (Lipinski definition) is 1. The van der Waals surface area contributed by atoms with E-state index < -0.39 is 17.7 Å². The largest absolute Gasteiger partial charge is 0.507 e. The van der Waals surface area contributed by atoms with Crippen molar-refractivity contribution in [3.05, 3.63) is 88.5 Å². The summed E-state index contributed by atoms with van der Waals surface area (Å²) in [5, 5.41) is 11.6. The quantitative estimate of drug-likeness (QED) is 0.266. The molecule has 1 amide bonds. The highest BCUT2D eigenvalue weighted by atomic mass is 16.5. The predicted octanol–water partition coefficient (Wildman–Crippen LogP) is 5.40. The van der Waals surface area contributed by atoms with Crippen LogP contribution in [0.15, 0.2) is 66.2 Å². The molecule has 7 heteroatoms. The first-order chi connectivity index (χ1) is 17.7. The standard InChI is InChI=1S/C30H32N2O5/c1-7-37-23-14-12-22(13-15-23)32-26(20-8-10-21(11-9-20)31(4)5)25(28(34)30(32)35)27(33)24-17-18(2)16-19(3)29(24)36-6/h8-17,26,33H,7H2,1-6H3/b27-25+. The summed E-state index contributed by atoms with van der Waals surface area (Å²) in [6.45, 7) is 6.18. The number of aryl methyl sites for hydroxylation is 2. The van der Waals surface area contributed by atoms with Crippen LogP contribution in [0.2, 0.25) is 0 Å². The van der Waals surface area contributed by atoms with Gasteiger partial charge in [0.15, 0.2) is 0 Å². The van der Waals surface area contributed by atoms with Gasteiger partial charge in [-0.1, -0.05) is 18.2 Å². The van der Waals surface area contributed by atoms with Gasteiger partial charge in [0.1, 0.15) is 17.3 Å². The first kappa shape index (κ1) is 25.8. The van der Waals surface area contributed by atoms with Gasteiger partial charge in [-0.05, 0) is 79.9 Å². The third-order valence-corrected chi connectivity index (χ3v) is 6.47. The van der Waals surface area contributed by atoms with Gasteiger partial charge < -0.3 is 19.5 Å². The van der Waals surface area contributed by atoms with E-state index in [1.54, 1.807) is 30.3 Å². The third kappa shape index (κ3) is 4.77. The SMILES string of the molecule is CCOc1ccc(N2C(=O)C(=O)/C(=C(/O)c3cc(C)cc(C)c3OC)C2c2ccc(N(C)C)cc2)cc1. The number of amides is 1. The Morgan fingerprint density at radius 1 is 1.00 bits per heavy atom. The molecule has 0 spiro atoms. The number of ether oxygens (including phenoxy) is 2. The van der Waals surface area contributed by atoms with Crippen molar-refractivity contribution in [2.45, 2.75) is 26.8 Å². The molecular formula is C30H32N2O5. The van der Waals surface area contributed by atoms with E-state index in [-0.39, 0.29) is 11.3 Å². The monoisotopic (exact) mass is 500 g/mol. The molecule has 1 aliphatic rings. The maximum Gasteiger partial charge on any atom is 0.300 e. The summed E-state index contributed by atoms with van der Waals surface area (Å²) in [4.78, 5) is 30.4. The lowest BCUT2D eigenvalue weighted by atomic mass is 9.93. The molecule has 0 bridgehead atoms. The fourth-order valence-electron chi connectivity index (χ4n) is 4.78. The van der Waals surface area contributed by atoms with Gasteiger partial charge in [0.05, 0.1) is 30.9 Å². The molecule has 1 heterocycles. The van der Waals surface area contributed by atoms with Crippen molar-refractivity contribution in [3.8, 4) is 11.5 Å². The van der Waals surface area contributed by atoms with E-state index >= 15 is 0 Å². The molecule has 192 valence electrons. The van der Waals surface area contributed by atoms with Gasteiger partial charge in [-0.2, -0.15) is 0 Å². The van der Waals surface area contributed by atoms with Gasteiger partial charge >= 0.3 is 0 Å². The number of methoxy groups -OCH3 is 1. The fourth-order valence-corrected chi connectivity index (χ4v) is 4.78. The zero-order valence-electron chi connectivity index (χ0n) is 22.0. The number of benzene rings is 3. The summed E-state index contributed by atoms with van der Waals surface area (Å²) in [7, 11) is 5.39. The molecule has 1 aliphatic heterocycles. The van der Waals surface area contributed by atoms with Crippen molar-refractivity contribution in [1.29, 1.82) is 0 Å². The first-order valence-electron chi connectivity index (χ1n) is 12.1. The Kier molecular flexibility index (Phi) is 7.25. The van der Waals surface area contributed by atoms with Crippen molar-refractivity contribution >= 4 is 28.8 Å². The van der Waals surface area contributed by atoms with E-state index in [1.165, 1.54) is 12.0 Å². The van der Waals surface area contributed by atoms with Gasteiger partial charge in [-0.15, -0.1) is 0 Å². The average Bonchev–Trinajstić information content (AvgIpc) is 3.14. The normalized spacial score (nSPS) is 16.7. The molecule has 1 atom stereocenters. The number of rotatable bonds is 7. The minimum absolute atomic E-state index is 0.0137. The maximum absolute atomic E-state index is 13.5. The lowest BCUT2D eigenvalue weighted by molar-refractivity contribution is -0.132. The summed E-state index contributed by atoms with van der Waals surface area (Å²) in [6, 6.07) is 17.5. The van der Waals surface area contributed by atoms with Crippen molar-refractivity contribution in [3.63, 3.8) is 0 Å². The summed E-state index contributed by atoms with van der Waals surface area (Å²) in [6.07, 6.45) is 0. The number of nitrogens with zero attached hydrogens (tertiary/aromatic N) is 2. The van der Waals surface area contributed by atoms with E-state index in [4.69, 9.17) is 9.47 Å². The lowest BCUT2D eigenvalue weighted by Gasteiger charge is -2.26. The molecule has 3 aromatic rings. The average molecular weight is 501 g/mol. The van der Waals surface area contributed by atoms with Crippen LogP contribution < -0.4 is 19.3 Å². The lowest BCUT2D eigenvalue weighted by Crippen LogP contribution is -2.29. The minimum atomic E-state index is -0.834. The van der Waals surface area contributed by atoms with Crippen LogP contribution in [0.4, 0.5) is 11.4 Å². The molecule has 0 aromatic heterocycles. The van der Waals surface area contributed by atoms with E-state index in [0.717, 1.165) is 16.8 Å². The van der Waals surface area contributed by atoms with Crippen molar-refractivity contribution in [1.82, 2.24) is 0 Å². The van der Waals surface area contributed by atoms with E-state index in [9.17, 15) is 14.7 Å². The Labute approximate surface area is 217 Å². The van der Waals surface area contributed by atoms with Crippen LogP contribution in [0.3, 0.4) is 0 Å². The second kappa shape index (κ2) is 10.4. The highest BCUT2D eigenvalue weighted by Crippen LogP contribution is 2.44. The van der Waals surface area contributed by atoms with Crippen LogP contribution in [-0.2, 0) is 9.59 Å². The number of carbonyl (C=O) groups is 2. The van der Waals surface area contributed by atoms with Crippen LogP contribution in [0.25, 0.3) is 5.76 Å². The molecular weight excluding hydrogens is 468 g/mol. The minimum Gasteiger partial charge on any atom is -0.507 e. The Morgan fingerprint density at radius 3 is 2.22 bits per heavy atom. The molecule has 1 fully saturated rings. The number of ketones is 1. The highest BCUT2D eigenvalue weighted by Gasteiger charge is 2.47. The Bertz CT molecular complexity index is 1360. The first-order valence-corrected chi connectivity index (χ1v) is 12.1. The second-order valence-corrected chi connectivity index (χ2v) is 9.24. The van der Waals surface area contributed by atoms with Crippen molar-refractivity contribution in [2.24, 2.45) is 0 Å². The Morgan fingerprint density at radius 2 is 1.65 bits per heavy atom. The van der Waals surface area contributed by atoms with Crippen LogP contribution in [-0.4, -0.2) is 44.6 Å². The van der Waals surface area contributed by atoms with Crippen molar-refractivity contribution in [2.75, 3.05) is 37.6 Å². The smallest absolute Gasteiger partial charge is 0.300 e. The van der Waals surface area contributed by atoms with Crippen LogP contribution in [0.1, 0.15) is 35.2 Å². The zero-order chi connectivity index (χ0) is 26.9. The molecule has 1 unspecified atom stereocenters. The molecule has 3 aromatic carbocycles. The van der Waals surface area contributed by atoms with Gasteiger partial charge in [0, 0.05) is 25.5 Å². The van der Waals surface area contributed by atoms with Gasteiger partial charge in [-0.3, -0.25) is 14.5 Å². The fraction of sp³-hybridized carbons (Fsp3) is 0.267. The second-order valence-electron chi connectivity index (χ2n) is 9.24. The highest BCUT2D eigenvalue weighted by molar-refractivity contribution is 6.51. The number of carbonyl (C=O) groups excluding carboxylic acids is 2. The number of aliphatic hydroxyl groups is 1. The van der Waals surface area contributed by atoms with Crippen LogP contribution >= 0.6 is 0 Å². The van der Waals surface area contributed by atoms with E-state index in [2.05, 4.69) is 0 Å². The van der Waals surface area contributed by atoms with Crippen LogP contribution in [0.5, 0.6) is 11.5 Å². The maximum atomic E-state index is 13.5. The zero-order valence-corrected chi connectivity index (χ0v) is 22.0. The summed E-state index contributed by atoms with van der Waals surface area (Å²) in [5.41, 5.74) is 4.29. The van der Waals surface area contributed by atoms with Gasteiger partial charge in [-0.25, -0.2) is 0 Å². The van der Waals surface area contributed by atoms with Crippen LogP contribution in [0, 0.1) is 13.8 Å². The number of hydrogen-bond acceptors (Lipinski definition) is 6. The Hall–Kier alpha value is -4.26. The molecule has 4 rings (SSSR count). The molecule has 1 saturated heterocycles. The third-order valence-electron chi connectivity index (χ3n) is 6.47. The molecule has 0 aliphatic carbocycles. The predicted molar refractivity (Wildman–Crippen MR) is 146 cm³/mol. The van der Waals surface area contributed by atoms with E-state index in [1.807, 2.05) is 70.1 Å². The summed E-state index contributed by atoms with van der Waals surface area (Å²) >= 11 is 0. The van der Waals surface area contributed by atoms with Gasteiger partial charge in [0.2, 0.25) is 0 Å². The molecule has 37 heavy (non-hydrogen) atoms. The summed E-state index contributed by atoms with van der Waals surface area (Å²) in [5.74, 6) is -0.617.